The molecule has 0 fully saturated rings. The van der Waals surface area contributed by atoms with Gasteiger partial charge in [0.05, 0.1) is 5.41 Å². The van der Waals surface area contributed by atoms with Gasteiger partial charge in [0, 0.05) is 10.8 Å². The van der Waals surface area contributed by atoms with E-state index in [1.54, 1.807) is 0 Å². The SMILES string of the molecule is CC1(C)c2ccccc2-c2ccc3c(c21)C(C)(C)c1c2ccccc2cc2c(-c4ccc5c(c4)C4(c6ccccc6-c6ccccc64)c4ccccc4-5)ccc-3c12. The second kappa shape index (κ2) is 10.5. The third kappa shape index (κ3) is 3.63. The fraction of sp³-hybridized carbons (Fsp3) is 0.123. The molecule has 0 aliphatic heterocycles. The summed E-state index contributed by atoms with van der Waals surface area (Å²) in [5.74, 6) is 0. The van der Waals surface area contributed by atoms with Crippen molar-refractivity contribution in [3.8, 4) is 55.6 Å². The molecule has 0 heteroatoms. The van der Waals surface area contributed by atoms with Gasteiger partial charge in [0.25, 0.3) is 0 Å². The van der Waals surface area contributed by atoms with Gasteiger partial charge < -0.3 is 0 Å². The number of fused-ring (bicyclic) bond motifs is 18. The van der Waals surface area contributed by atoms with E-state index in [-0.39, 0.29) is 16.2 Å². The molecule has 0 N–H and O–H groups in total. The minimum atomic E-state index is -0.375. The largest absolute Gasteiger partial charge is 0.0725 e. The van der Waals surface area contributed by atoms with E-state index in [0.29, 0.717) is 0 Å². The van der Waals surface area contributed by atoms with Crippen molar-refractivity contribution >= 4 is 21.5 Å². The van der Waals surface area contributed by atoms with Gasteiger partial charge in [-0.25, -0.2) is 0 Å². The monoisotopic (exact) mass is 724 g/mol. The molecule has 0 bridgehead atoms. The quantitative estimate of drug-likeness (QED) is 0.148. The normalized spacial score (nSPS) is 16.1. The van der Waals surface area contributed by atoms with Crippen molar-refractivity contribution in [1.82, 2.24) is 0 Å². The Labute approximate surface area is 334 Å². The zero-order valence-corrected chi connectivity index (χ0v) is 32.7. The minimum Gasteiger partial charge on any atom is -0.0619 e. The third-order valence-corrected chi connectivity index (χ3v) is 14.6. The molecule has 4 aliphatic carbocycles. The standard InChI is InChI=1S/C57H40/c1-55(2)46-21-11-7-20-40(46)43-29-30-44-42-28-27-35(45-31-33-15-5-6-16-36(33)52(51(42)45)56(3,4)54(44)53(43)55)34-25-26-41-39-19-10-14-24-49(39)57(50(41)32-34)47-22-12-8-17-37(47)38-18-9-13-23-48(38)57/h5-32H,1-4H3. The van der Waals surface area contributed by atoms with Gasteiger partial charge >= 0.3 is 0 Å². The Morgan fingerprint density at radius 3 is 1.40 bits per heavy atom. The first-order chi connectivity index (χ1) is 27.8. The van der Waals surface area contributed by atoms with E-state index in [4.69, 9.17) is 0 Å². The summed E-state index contributed by atoms with van der Waals surface area (Å²) in [5, 5.41) is 5.38. The molecule has 268 valence electrons. The van der Waals surface area contributed by atoms with Crippen molar-refractivity contribution in [2.45, 2.75) is 43.9 Å². The molecule has 0 aromatic heterocycles. The predicted octanol–water partition coefficient (Wildman–Crippen LogP) is 14.6. The molecule has 0 saturated heterocycles. The van der Waals surface area contributed by atoms with E-state index in [9.17, 15) is 0 Å². The Hall–Kier alpha value is -6.50. The van der Waals surface area contributed by atoms with Crippen molar-refractivity contribution in [2.75, 3.05) is 0 Å². The van der Waals surface area contributed by atoms with Crippen LogP contribution in [0.1, 0.15) is 72.2 Å². The maximum atomic E-state index is 2.55. The van der Waals surface area contributed by atoms with Crippen LogP contribution in [0.4, 0.5) is 0 Å². The van der Waals surface area contributed by atoms with Crippen LogP contribution in [0.2, 0.25) is 0 Å². The van der Waals surface area contributed by atoms with E-state index in [1.165, 1.54) is 122 Å². The summed E-state index contributed by atoms with van der Waals surface area (Å²) < 4.78 is 0. The molecule has 57 heavy (non-hydrogen) atoms. The van der Waals surface area contributed by atoms with Crippen molar-refractivity contribution in [3.05, 3.63) is 214 Å². The van der Waals surface area contributed by atoms with Gasteiger partial charge in [0.15, 0.2) is 0 Å². The predicted molar refractivity (Wildman–Crippen MR) is 238 cm³/mol. The number of hydrogen-bond acceptors (Lipinski definition) is 0. The first-order valence-corrected chi connectivity index (χ1v) is 20.5. The van der Waals surface area contributed by atoms with E-state index >= 15 is 0 Å². The molecule has 0 nitrogen and oxygen atoms in total. The average molecular weight is 725 g/mol. The lowest BCUT2D eigenvalue weighted by Crippen LogP contribution is -2.30. The van der Waals surface area contributed by atoms with Crippen LogP contribution in [-0.2, 0) is 16.2 Å². The average Bonchev–Trinajstić information content (AvgIpc) is 3.80. The van der Waals surface area contributed by atoms with Gasteiger partial charge in [-0.15, -0.1) is 0 Å². The summed E-state index contributed by atoms with van der Waals surface area (Å²) in [6.07, 6.45) is 0. The molecule has 0 unspecified atom stereocenters. The molecule has 4 aliphatic rings. The highest BCUT2D eigenvalue weighted by atomic mass is 14.5. The van der Waals surface area contributed by atoms with E-state index in [1.807, 2.05) is 0 Å². The Bertz CT molecular complexity index is 3230. The van der Waals surface area contributed by atoms with Gasteiger partial charge in [0.2, 0.25) is 0 Å². The van der Waals surface area contributed by atoms with Crippen LogP contribution in [0.25, 0.3) is 77.2 Å². The van der Waals surface area contributed by atoms with Crippen LogP contribution in [-0.4, -0.2) is 0 Å². The van der Waals surface area contributed by atoms with Crippen LogP contribution in [0.5, 0.6) is 0 Å². The lowest BCUT2D eigenvalue weighted by atomic mass is 9.62. The molecule has 0 heterocycles. The number of rotatable bonds is 1. The van der Waals surface area contributed by atoms with Crippen LogP contribution in [0, 0.1) is 0 Å². The summed E-state index contributed by atoms with van der Waals surface area (Å²) in [6, 6.07) is 65.1. The Balaban J connectivity index is 1.11. The van der Waals surface area contributed by atoms with Crippen molar-refractivity contribution in [3.63, 3.8) is 0 Å². The van der Waals surface area contributed by atoms with E-state index < -0.39 is 0 Å². The summed E-state index contributed by atoms with van der Waals surface area (Å²) in [4.78, 5) is 0. The smallest absolute Gasteiger partial charge is 0.0619 e. The molecule has 9 aromatic carbocycles. The highest BCUT2D eigenvalue weighted by Crippen LogP contribution is 2.64. The first kappa shape index (κ1) is 31.7. The highest BCUT2D eigenvalue weighted by Gasteiger charge is 2.52. The Morgan fingerprint density at radius 1 is 0.298 bits per heavy atom. The zero-order chi connectivity index (χ0) is 38.0. The molecule has 0 atom stereocenters. The summed E-state index contributed by atoms with van der Waals surface area (Å²) in [5.41, 5.74) is 24.1. The molecular weight excluding hydrogens is 685 g/mol. The topological polar surface area (TPSA) is 0 Å². The molecule has 0 amide bonds. The number of hydrogen-bond donors (Lipinski definition) is 0. The van der Waals surface area contributed by atoms with Crippen molar-refractivity contribution < 1.29 is 0 Å². The van der Waals surface area contributed by atoms with Crippen LogP contribution >= 0.6 is 0 Å². The highest BCUT2D eigenvalue weighted by molar-refractivity contribution is 6.17. The Morgan fingerprint density at radius 2 is 0.754 bits per heavy atom. The zero-order valence-electron chi connectivity index (χ0n) is 32.7. The molecule has 13 rings (SSSR count). The molecule has 0 saturated carbocycles. The van der Waals surface area contributed by atoms with Crippen LogP contribution < -0.4 is 0 Å². The first-order valence-electron chi connectivity index (χ1n) is 20.5. The second-order valence-corrected chi connectivity index (χ2v) is 17.9. The second-order valence-electron chi connectivity index (χ2n) is 17.9. The van der Waals surface area contributed by atoms with Gasteiger partial charge in [-0.05, 0) is 134 Å². The van der Waals surface area contributed by atoms with Crippen LogP contribution in [0.3, 0.4) is 0 Å². The van der Waals surface area contributed by atoms with Gasteiger partial charge in [0.1, 0.15) is 0 Å². The summed E-state index contributed by atoms with van der Waals surface area (Å²) in [6.45, 7) is 9.86. The lowest BCUT2D eigenvalue weighted by Gasteiger charge is -2.40. The van der Waals surface area contributed by atoms with Crippen molar-refractivity contribution in [2.24, 2.45) is 0 Å². The molecule has 9 aromatic rings. The minimum absolute atomic E-state index is 0.106. The van der Waals surface area contributed by atoms with E-state index in [2.05, 4.69) is 198 Å². The Kier molecular flexibility index (Phi) is 5.81. The summed E-state index contributed by atoms with van der Waals surface area (Å²) in [7, 11) is 0. The number of benzene rings is 9. The molecule has 0 radical (unpaired) electrons. The maximum Gasteiger partial charge on any atom is 0.0725 e. The van der Waals surface area contributed by atoms with Crippen LogP contribution in [0.15, 0.2) is 170 Å². The van der Waals surface area contributed by atoms with Gasteiger partial charge in [-0.2, -0.15) is 0 Å². The molecular formula is C57H40. The lowest BCUT2D eigenvalue weighted by molar-refractivity contribution is 0.594. The van der Waals surface area contributed by atoms with Gasteiger partial charge in [-0.1, -0.05) is 185 Å². The van der Waals surface area contributed by atoms with E-state index in [0.717, 1.165) is 0 Å². The fourth-order valence-electron chi connectivity index (χ4n) is 12.4. The summed E-state index contributed by atoms with van der Waals surface area (Å²) >= 11 is 0. The van der Waals surface area contributed by atoms with Gasteiger partial charge in [-0.3, -0.25) is 0 Å². The third-order valence-electron chi connectivity index (χ3n) is 14.6. The molecule has 1 spiro atoms. The fourth-order valence-corrected chi connectivity index (χ4v) is 12.4. The van der Waals surface area contributed by atoms with Crippen molar-refractivity contribution in [1.29, 1.82) is 0 Å². The maximum absolute atomic E-state index is 2.55.